The predicted octanol–water partition coefficient (Wildman–Crippen LogP) is 3.49. The highest BCUT2D eigenvalue weighted by molar-refractivity contribution is 5.84. The average Bonchev–Trinajstić information content (AvgIpc) is 2.73. The van der Waals surface area contributed by atoms with E-state index in [1.165, 1.54) is 24.8 Å². The van der Waals surface area contributed by atoms with E-state index in [1.54, 1.807) is 7.11 Å². The van der Waals surface area contributed by atoms with Crippen LogP contribution in [0.15, 0.2) is 24.3 Å². The Morgan fingerprint density at radius 3 is 2.56 bits per heavy atom. The summed E-state index contributed by atoms with van der Waals surface area (Å²) in [7, 11) is 1.68. The number of rotatable bonds is 6. The zero-order valence-corrected chi connectivity index (χ0v) is 16.4. The van der Waals surface area contributed by atoms with Crippen molar-refractivity contribution in [2.24, 2.45) is 5.92 Å². The average molecular weight is 373 g/mol. The topological polar surface area (TPSA) is 58.6 Å². The van der Waals surface area contributed by atoms with Gasteiger partial charge in [0.1, 0.15) is 5.75 Å². The standard InChI is InChI=1S/C22H32N2O3/c1-27-20-9-5-8-19(15-20)18-10-12-24(13-11-18)22(26)16-23-21(25)14-17-6-3-2-4-7-17/h5,8-9,15,17-18H,2-4,6-7,10-14,16H2,1H3,(H,23,25). The SMILES string of the molecule is COc1cccc(C2CCN(C(=O)CNC(=O)CC3CCCCC3)CC2)c1. The molecule has 0 spiro atoms. The number of carbonyl (C=O) groups is 2. The molecule has 148 valence electrons. The normalized spacial score (nSPS) is 18.9. The molecule has 1 N–H and O–H groups in total. The smallest absolute Gasteiger partial charge is 0.241 e. The number of hydrogen-bond acceptors (Lipinski definition) is 3. The monoisotopic (exact) mass is 372 g/mol. The zero-order chi connectivity index (χ0) is 19.1. The van der Waals surface area contributed by atoms with Gasteiger partial charge in [0, 0.05) is 19.5 Å². The van der Waals surface area contributed by atoms with Gasteiger partial charge in [0.25, 0.3) is 0 Å². The highest BCUT2D eigenvalue weighted by Crippen LogP contribution is 2.30. The highest BCUT2D eigenvalue weighted by atomic mass is 16.5. The number of benzene rings is 1. The number of likely N-dealkylation sites (tertiary alicyclic amines) is 1. The van der Waals surface area contributed by atoms with Crippen molar-refractivity contribution in [3.8, 4) is 5.75 Å². The molecule has 1 aromatic carbocycles. The summed E-state index contributed by atoms with van der Waals surface area (Å²) in [5.74, 6) is 1.92. The number of piperidine rings is 1. The van der Waals surface area contributed by atoms with Crippen molar-refractivity contribution < 1.29 is 14.3 Å². The van der Waals surface area contributed by atoms with Crippen LogP contribution in [0.4, 0.5) is 0 Å². The van der Waals surface area contributed by atoms with E-state index in [1.807, 2.05) is 17.0 Å². The van der Waals surface area contributed by atoms with Gasteiger partial charge in [0.05, 0.1) is 13.7 Å². The summed E-state index contributed by atoms with van der Waals surface area (Å²) in [4.78, 5) is 26.4. The first kappa shape index (κ1) is 19.7. The van der Waals surface area contributed by atoms with Gasteiger partial charge in [-0.05, 0) is 55.2 Å². The third kappa shape index (κ3) is 5.72. The molecule has 0 unspecified atom stereocenters. The number of carbonyl (C=O) groups excluding carboxylic acids is 2. The van der Waals surface area contributed by atoms with Crippen LogP contribution in [0.25, 0.3) is 0 Å². The molecular weight excluding hydrogens is 340 g/mol. The van der Waals surface area contributed by atoms with Crippen LogP contribution in [0.2, 0.25) is 0 Å². The lowest BCUT2D eigenvalue weighted by Gasteiger charge is -2.32. The summed E-state index contributed by atoms with van der Waals surface area (Å²) in [6.07, 6.45) is 8.55. The van der Waals surface area contributed by atoms with Crippen LogP contribution < -0.4 is 10.1 Å². The largest absolute Gasteiger partial charge is 0.497 e. The number of nitrogens with one attached hydrogen (secondary N) is 1. The van der Waals surface area contributed by atoms with E-state index in [0.717, 1.165) is 44.5 Å². The molecule has 1 saturated heterocycles. The maximum Gasteiger partial charge on any atom is 0.241 e. The van der Waals surface area contributed by atoms with Crippen molar-refractivity contribution in [2.75, 3.05) is 26.7 Å². The molecule has 5 heteroatoms. The number of amides is 2. The van der Waals surface area contributed by atoms with E-state index >= 15 is 0 Å². The van der Waals surface area contributed by atoms with Gasteiger partial charge in [0.2, 0.25) is 11.8 Å². The highest BCUT2D eigenvalue weighted by Gasteiger charge is 2.24. The molecule has 1 saturated carbocycles. The van der Waals surface area contributed by atoms with Crippen LogP contribution in [-0.4, -0.2) is 43.5 Å². The third-order valence-corrected chi connectivity index (χ3v) is 6.05. The van der Waals surface area contributed by atoms with Crippen LogP contribution in [0.5, 0.6) is 5.75 Å². The Morgan fingerprint density at radius 1 is 1.11 bits per heavy atom. The number of nitrogens with zero attached hydrogens (tertiary/aromatic N) is 1. The second-order valence-corrected chi connectivity index (χ2v) is 7.92. The summed E-state index contributed by atoms with van der Waals surface area (Å²) in [6.45, 7) is 1.63. The first-order valence-electron chi connectivity index (χ1n) is 10.3. The Kier molecular flexibility index (Phi) is 7.13. The summed E-state index contributed by atoms with van der Waals surface area (Å²) in [6, 6.07) is 8.20. The Balaban J connectivity index is 1.39. The van der Waals surface area contributed by atoms with Gasteiger partial charge in [-0.1, -0.05) is 31.4 Å². The molecule has 5 nitrogen and oxygen atoms in total. The van der Waals surface area contributed by atoms with Crippen LogP contribution in [0, 0.1) is 5.92 Å². The van der Waals surface area contributed by atoms with Gasteiger partial charge >= 0.3 is 0 Å². The van der Waals surface area contributed by atoms with E-state index < -0.39 is 0 Å². The fourth-order valence-electron chi connectivity index (χ4n) is 4.37. The maximum absolute atomic E-state index is 12.4. The van der Waals surface area contributed by atoms with E-state index in [9.17, 15) is 9.59 Å². The Hall–Kier alpha value is -2.04. The number of methoxy groups -OCH3 is 1. The molecule has 2 amide bonds. The number of ether oxygens (including phenoxy) is 1. The first-order valence-corrected chi connectivity index (χ1v) is 10.3. The molecule has 1 aliphatic heterocycles. The van der Waals surface area contributed by atoms with Gasteiger partial charge in [0.15, 0.2) is 0 Å². The minimum Gasteiger partial charge on any atom is -0.497 e. The van der Waals surface area contributed by atoms with Crippen molar-refractivity contribution in [3.05, 3.63) is 29.8 Å². The molecule has 3 rings (SSSR count). The second kappa shape index (κ2) is 9.77. The van der Waals surface area contributed by atoms with Gasteiger partial charge in [-0.2, -0.15) is 0 Å². The third-order valence-electron chi connectivity index (χ3n) is 6.05. The molecule has 1 heterocycles. The fraction of sp³-hybridized carbons (Fsp3) is 0.636. The lowest BCUT2D eigenvalue weighted by molar-refractivity contribution is -0.134. The maximum atomic E-state index is 12.4. The lowest BCUT2D eigenvalue weighted by Crippen LogP contribution is -2.44. The predicted molar refractivity (Wildman–Crippen MR) is 106 cm³/mol. The molecule has 1 aliphatic carbocycles. The van der Waals surface area contributed by atoms with Crippen LogP contribution >= 0.6 is 0 Å². The summed E-state index contributed by atoms with van der Waals surface area (Å²) >= 11 is 0. The van der Waals surface area contributed by atoms with Crippen LogP contribution in [-0.2, 0) is 9.59 Å². The van der Waals surface area contributed by atoms with E-state index in [4.69, 9.17) is 4.74 Å². The summed E-state index contributed by atoms with van der Waals surface area (Å²) in [5, 5.41) is 2.84. The Labute approximate surface area is 162 Å². The van der Waals surface area contributed by atoms with E-state index in [-0.39, 0.29) is 18.4 Å². The Morgan fingerprint density at radius 2 is 1.85 bits per heavy atom. The van der Waals surface area contributed by atoms with Crippen molar-refractivity contribution >= 4 is 11.8 Å². The summed E-state index contributed by atoms with van der Waals surface area (Å²) < 4.78 is 5.31. The minimum atomic E-state index is 0.0292. The van der Waals surface area contributed by atoms with Gasteiger partial charge < -0.3 is 15.0 Å². The molecule has 0 radical (unpaired) electrons. The summed E-state index contributed by atoms with van der Waals surface area (Å²) in [5.41, 5.74) is 1.28. The molecule has 2 aliphatic rings. The zero-order valence-electron chi connectivity index (χ0n) is 16.4. The van der Waals surface area contributed by atoms with Crippen LogP contribution in [0.1, 0.15) is 62.8 Å². The second-order valence-electron chi connectivity index (χ2n) is 7.92. The molecule has 27 heavy (non-hydrogen) atoms. The van der Waals surface area contributed by atoms with Gasteiger partial charge in [-0.25, -0.2) is 0 Å². The lowest BCUT2D eigenvalue weighted by atomic mass is 9.87. The van der Waals surface area contributed by atoms with Crippen molar-refractivity contribution in [1.82, 2.24) is 10.2 Å². The molecule has 0 atom stereocenters. The van der Waals surface area contributed by atoms with E-state index in [2.05, 4.69) is 17.4 Å². The van der Waals surface area contributed by atoms with Crippen molar-refractivity contribution in [3.63, 3.8) is 0 Å². The number of hydrogen-bond donors (Lipinski definition) is 1. The van der Waals surface area contributed by atoms with E-state index in [0.29, 0.717) is 18.3 Å². The minimum absolute atomic E-state index is 0.0292. The molecule has 0 bridgehead atoms. The molecule has 2 fully saturated rings. The van der Waals surface area contributed by atoms with Gasteiger partial charge in [-0.3, -0.25) is 9.59 Å². The molecule has 1 aromatic rings. The van der Waals surface area contributed by atoms with Gasteiger partial charge in [-0.15, -0.1) is 0 Å². The first-order chi connectivity index (χ1) is 13.2. The van der Waals surface area contributed by atoms with Crippen molar-refractivity contribution in [2.45, 2.75) is 57.3 Å². The van der Waals surface area contributed by atoms with Crippen molar-refractivity contribution in [1.29, 1.82) is 0 Å². The Bertz CT molecular complexity index is 632. The fourth-order valence-corrected chi connectivity index (χ4v) is 4.37. The quantitative estimate of drug-likeness (QED) is 0.832. The van der Waals surface area contributed by atoms with Crippen LogP contribution in [0.3, 0.4) is 0 Å². The molecular formula is C22H32N2O3. The molecule has 0 aromatic heterocycles.